The van der Waals surface area contributed by atoms with Crippen LogP contribution < -0.4 is 9.47 Å². The number of aromatic nitrogens is 1. The molecular formula is C28H30F4N2O4. The van der Waals surface area contributed by atoms with Crippen LogP contribution in [0.3, 0.4) is 0 Å². The minimum atomic E-state index is -1.64. The molecule has 1 fully saturated rings. The number of rotatable bonds is 11. The first-order valence-corrected chi connectivity index (χ1v) is 12.5. The highest BCUT2D eigenvalue weighted by Gasteiger charge is 2.37. The number of nitrogens with zero attached hydrogens (tertiary/aromatic N) is 2. The number of piperidine rings is 1. The molecule has 2 heterocycles. The maximum atomic E-state index is 15.5. The van der Waals surface area contributed by atoms with Gasteiger partial charge in [0.2, 0.25) is 0 Å². The van der Waals surface area contributed by atoms with E-state index in [1.54, 1.807) is 18.2 Å². The minimum Gasteiger partial charge on any atom is -0.497 e. The number of carboxylic acids is 1. The summed E-state index contributed by atoms with van der Waals surface area (Å²) in [6.45, 7) is 1.83. The number of fused-ring (bicyclic) bond motifs is 1. The summed E-state index contributed by atoms with van der Waals surface area (Å²) in [5, 5.41) is 9.89. The zero-order valence-corrected chi connectivity index (χ0v) is 21.1. The van der Waals surface area contributed by atoms with Crippen LogP contribution in [0.15, 0.2) is 42.6 Å². The molecule has 1 aliphatic rings. The quantitative estimate of drug-likeness (QED) is 0.301. The van der Waals surface area contributed by atoms with Gasteiger partial charge in [0, 0.05) is 35.7 Å². The Morgan fingerprint density at radius 2 is 1.82 bits per heavy atom. The van der Waals surface area contributed by atoms with Crippen LogP contribution in [0.5, 0.6) is 11.5 Å². The Labute approximate surface area is 218 Å². The first kappa shape index (κ1) is 27.6. The van der Waals surface area contributed by atoms with Gasteiger partial charge in [-0.05, 0) is 62.4 Å². The predicted molar refractivity (Wildman–Crippen MR) is 134 cm³/mol. The number of hydrogen-bond donors (Lipinski definition) is 1. The molecule has 204 valence electrons. The Balaban J connectivity index is 1.38. The van der Waals surface area contributed by atoms with E-state index in [0.29, 0.717) is 49.1 Å². The van der Waals surface area contributed by atoms with Crippen LogP contribution >= 0.6 is 0 Å². The number of ether oxygens (including phenoxy) is 2. The van der Waals surface area contributed by atoms with E-state index in [4.69, 9.17) is 9.47 Å². The van der Waals surface area contributed by atoms with Crippen LogP contribution in [-0.2, 0) is 4.79 Å². The van der Waals surface area contributed by atoms with Crippen molar-refractivity contribution >= 4 is 16.9 Å². The first-order chi connectivity index (χ1) is 18.2. The third kappa shape index (κ3) is 6.72. The van der Waals surface area contributed by atoms with Crippen LogP contribution in [0.4, 0.5) is 17.6 Å². The molecule has 0 spiro atoms. The number of carboxylic acid groups (broad SMARTS) is 1. The Morgan fingerprint density at radius 3 is 2.47 bits per heavy atom. The van der Waals surface area contributed by atoms with Gasteiger partial charge >= 0.3 is 5.97 Å². The summed E-state index contributed by atoms with van der Waals surface area (Å²) in [5.41, 5.74) is -0.278. The fraction of sp³-hybridized carbons (Fsp3) is 0.429. The standard InChI is InChI=1S/C28H30F4N2O4/c1-37-20-2-3-25-22(15-20)27(24(32)17-33-25)23(31)4-5-28(16-26(35)36)6-8-34(9-7-28)10-11-38-21-13-18(29)12-19(30)14-21/h2-3,12-15,17,23H,4-11,16H2,1H3,(H,35,36)/t23-/m1/s1. The van der Waals surface area contributed by atoms with E-state index in [1.165, 1.54) is 7.11 Å². The topological polar surface area (TPSA) is 71.9 Å². The third-order valence-corrected chi connectivity index (χ3v) is 7.26. The van der Waals surface area contributed by atoms with Crippen molar-refractivity contribution in [3.8, 4) is 11.5 Å². The lowest BCUT2D eigenvalue weighted by atomic mass is 9.71. The monoisotopic (exact) mass is 534 g/mol. The van der Waals surface area contributed by atoms with Crippen molar-refractivity contribution in [1.29, 1.82) is 0 Å². The minimum absolute atomic E-state index is 0.0330. The lowest BCUT2D eigenvalue weighted by Crippen LogP contribution is -2.42. The molecule has 0 amide bonds. The predicted octanol–water partition coefficient (Wildman–Crippen LogP) is 6.09. The van der Waals surface area contributed by atoms with Crippen LogP contribution in [0.1, 0.15) is 43.8 Å². The molecule has 0 radical (unpaired) electrons. The van der Waals surface area contributed by atoms with Crippen molar-refractivity contribution in [2.45, 2.75) is 38.3 Å². The first-order valence-electron chi connectivity index (χ1n) is 12.5. The number of methoxy groups -OCH3 is 1. The van der Waals surface area contributed by atoms with Gasteiger partial charge in [0.25, 0.3) is 0 Å². The second kappa shape index (κ2) is 12.0. The van der Waals surface area contributed by atoms with Gasteiger partial charge in [-0.2, -0.15) is 0 Å². The molecule has 6 nitrogen and oxygen atoms in total. The van der Waals surface area contributed by atoms with Gasteiger partial charge in [-0.25, -0.2) is 17.6 Å². The second-order valence-electron chi connectivity index (χ2n) is 9.77. The molecule has 3 aromatic rings. The largest absolute Gasteiger partial charge is 0.497 e. The summed E-state index contributed by atoms with van der Waals surface area (Å²) in [4.78, 5) is 17.8. The highest BCUT2D eigenvalue weighted by Crippen LogP contribution is 2.43. The fourth-order valence-corrected chi connectivity index (χ4v) is 5.18. The molecule has 0 aliphatic carbocycles. The van der Waals surface area contributed by atoms with E-state index in [0.717, 1.165) is 24.4 Å². The molecule has 0 unspecified atom stereocenters. The molecule has 1 saturated heterocycles. The molecule has 0 bridgehead atoms. The molecule has 2 aromatic carbocycles. The molecule has 10 heteroatoms. The van der Waals surface area contributed by atoms with E-state index in [-0.39, 0.29) is 37.2 Å². The maximum Gasteiger partial charge on any atom is 0.303 e. The second-order valence-corrected chi connectivity index (χ2v) is 9.77. The van der Waals surface area contributed by atoms with Crippen molar-refractivity contribution in [2.24, 2.45) is 5.41 Å². The van der Waals surface area contributed by atoms with Crippen molar-refractivity contribution in [3.63, 3.8) is 0 Å². The summed E-state index contributed by atoms with van der Waals surface area (Å²) in [5.74, 6) is -2.60. The average Bonchev–Trinajstić information content (AvgIpc) is 2.87. The molecular weight excluding hydrogens is 504 g/mol. The highest BCUT2D eigenvalue weighted by atomic mass is 19.1. The van der Waals surface area contributed by atoms with Gasteiger partial charge in [-0.3, -0.25) is 14.7 Å². The van der Waals surface area contributed by atoms with Gasteiger partial charge in [0.1, 0.15) is 41.7 Å². The summed E-state index contributed by atoms with van der Waals surface area (Å²) in [6, 6.07) is 7.84. The van der Waals surface area contributed by atoms with Crippen LogP contribution in [0, 0.1) is 22.9 Å². The fourth-order valence-electron chi connectivity index (χ4n) is 5.18. The van der Waals surface area contributed by atoms with Gasteiger partial charge in [-0.1, -0.05) is 0 Å². The number of aliphatic carboxylic acids is 1. The molecule has 0 saturated carbocycles. The summed E-state index contributed by atoms with van der Waals surface area (Å²) < 4.78 is 67.6. The molecule has 4 rings (SSSR count). The number of alkyl halides is 1. The Bertz CT molecular complexity index is 1260. The van der Waals surface area contributed by atoms with Crippen LogP contribution in [-0.4, -0.2) is 54.3 Å². The average molecular weight is 535 g/mol. The lowest BCUT2D eigenvalue weighted by molar-refractivity contribution is -0.141. The summed E-state index contributed by atoms with van der Waals surface area (Å²) >= 11 is 0. The smallest absolute Gasteiger partial charge is 0.303 e. The summed E-state index contributed by atoms with van der Waals surface area (Å²) in [6.07, 6.45) is 0.538. The number of carbonyl (C=O) groups is 1. The molecule has 1 atom stereocenters. The van der Waals surface area contributed by atoms with E-state index < -0.39 is 35.0 Å². The molecule has 1 aromatic heterocycles. The van der Waals surface area contributed by atoms with Gasteiger partial charge in [0.05, 0.1) is 25.2 Å². The Hall–Kier alpha value is -3.40. The third-order valence-electron chi connectivity index (χ3n) is 7.26. The van der Waals surface area contributed by atoms with E-state index >= 15 is 4.39 Å². The number of benzene rings is 2. The van der Waals surface area contributed by atoms with Crippen LogP contribution in [0.25, 0.3) is 10.9 Å². The van der Waals surface area contributed by atoms with Crippen molar-refractivity contribution < 1.29 is 36.9 Å². The van der Waals surface area contributed by atoms with Gasteiger partial charge in [0.15, 0.2) is 0 Å². The zero-order chi connectivity index (χ0) is 27.3. The normalized spacial score (nSPS) is 16.3. The van der Waals surface area contributed by atoms with Gasteiger partial charge < -0.3 is 14.6 Å². The molecule has 38 heavy (non-hydrogen) atoms. The highest BCUT2D eigenvalue weighted by molar-refractivity contribution is 5.84. The summed E-state index contributed by atoms with van der Waals surface area (Å²) in [7, 11) is 1.47. The SMILES string of the molecule is COc1ccc2ncc(F)c([C@H](F)CCC3(CC(=O)O)CCN(CCOc4cc(F)cc(F)c4)CC3)c2c1. The Kier molecular flexibility index (Phi) is 8.71. The van der Waals surface area contributed by atoms with Crippen molar-refractivity contribution in [2.75, 3.05) is 33.4 Å². The lowest BCUT2D eigenvalue weighted by Gasteiger charge is -2.41. The Morgan fingerprint density at radius 1 is 1.11 bits per heavy atom. The number of halogens is 4. The van der Waals surface area contributed by atoms with Crippen molar-refractivity contribution in [1.82, 2.24) is 9.88 Å². The zero-order valence-electron chi connectivity index (χ0n) is 21.1. The maximum absolute atomic E-state index is 15.5. The number of likely N-dealkylation sites (tertiary alicyclic amines) is 1. The number of pyridine rings is 1. The van der Waals surface area contributed by atoms with E-state index in [2.05, 4.69) is 9.88 Å². The number of hydrogen-bond acceptors (Lipinski definition) is 5. The molecule has 1 N–H and O–H groups in total. The van der Waals surface area contributed by atoms with Crippen molar-refractivity contribution in [3.05, 3.63) is 65.6 Å². The molecule has 1 aliphatic heterocycles. The van der Waals surface area contributed by atoms with Gasteiger partial charge in [-0.15, -0.1) is 0 Å². The van der Waals surface area contributed by atoms with Crippen LogP contribution in [0.2, 0.25) is 0 Å². The van der Waals surface area contributed by atoms with E-state index in [9.17, 15) is 23.1 Å². The van der Waals surface area contributed by atoms with E-state index in [1.807, 2.05) is 0 Å².